The molecule has 0 bridgehead atoms. The summed E-state index contributed by atoms with van der Waals surface area (Å²) in [6, 6.07) is 8.85. The topological polar surface area (TPSA) is 35.6 Å². The fourth-order valence-electron chi connectivity index (χ4n) is 3.56. The van der Waals surface area contributed by atoms with E-state index in [1.807, 2.05) is 22.4 Å². The predicted molar refractivity (Wildman–Crippen MR) is 97.8 cm³/mol. The second-order valence-electron chi connectivity index (χ2n) is 6.12. The Balaban J connectivity index is 0.00000156. The minimum absolute atomic E-state index is 0. The van der Waals surface area contributed by atoms with Crippen molar-refractivity contribution in [3.8, 4) is 0 Å². The van der Waals surface area contributed by atoms with Gasteiger partial charge in [-0.05, 0) is 19.0 Å². The Labute approximate surface area is 146 Å². The molecular formula is C17H22ClN3OS. The second kappa shape index (κ2) is 7.18. The van der Waals surface area contributed by atoms with Gasteiger partial charge in [-0.1, -0.05) is 18.2 Å². The minimum atomic E-state index is 0. The normalized spacial score (nSPS) is 22.3. The number of piperazine rings is 1. The zero-order valence-corrected chi connectivity index (χ0v) is 14.7. The molecule has 2 saturated heterocycles. The van der Waals surface area contributed by atoms with E-state index in [1.54, 1.807) is 11.3 Å². The van der Waals surface area contributed by atoms with Crippen molar-refractivity contribution in [2.45, 2.75) is 12.5 Å². The highest BCUT2D eigenvalue weighted by atomic mass is 35.5. The van der Waals surface area contributed by atoms with Crippen molar-refractivity contribution in [1.29, 1.82) is 0 Å². The molecule has 2 aromatic rings. The maximum atomic E-state index is 12.8. The lowest BCUT2D eigenvalue weighted by atomic mass is 10.1. The van der Waals surface area contributed by atoms with Crippen LogP contribution in [0.2, 0.25) is 0 Å². The third-order valence-corrected chi connectivity index (χ3v) is 5.83. The zero-order valence-electron chi connectivity index (χ0n) is 13.0. The molecule has 124 valence electrons. The third-order valence-electron chi connectivity index (χ3n) is 4.86. The standard InChI is InChI=1S/C17H21N3OS.ClH/c21-17(15-12-22-16-4-2-1-3-14(15)16)20-9-7-19(8-10-20)13-5-6-18-11-13;/h1-4,12-13,18H,5-11H2;1H. The van der Waals surface area contributed by atoms with E-state index in [1.165, 1.54) is 11.1 Å². The number of carbonyl (C=O) groups excluding carboxylic acids is 1. The molecule has 3 heterocycles. The smallest absolute Gasteiger partial charge is 0.255 e. The van der Waals surface area contributed by atoms with E-state index in [4.69, 9.17) is 0 Å². The molecule has 23 heavy (non-hydrogen) atoms. The lowest BCUT2D eigenvalue weighted by molar-refractivity contribution is 0.0586. The van der Waals surface area contributed by atoms with Crippen LogP contribution in [0.15, 0.2) is 29.6 Å². The maximum absolute atomic E-state index is 12.8. The summed E-state index contributed by atoms with van der Waals surface area (Å²) in [7, 11) is 0. The number of carbonyl (C=O) groups is 1. The number of rotatable bonds is 2. The van der Waals surface area contributed by atoms with Crippen LogP contribution in [-0.2, 0) is 0 Å². The first-order valence-corrected chi connectivity index (χ1v) is 8.91. The summed E-state index contributed by atoms with van der Waals surface area (Å²) in [5.74, 6) is 0.196. The average molecular weight is 352 g/mol. The monoisotopic (exact) mass is 351 g/mol. The molecule has 4 nitrogen and oxygen atoms in total. The van der Waals surface area contributed by atoms with Crippen molar-refractivity contribution in [3.05, 3.63) is 35.2 Å². The van der Waals surface area contributed by atoms with E-state index in [-0.39, 0.29) is 18.3 Å². The summed E-state index contributed by atoms with van der Waals surface area (Å²) in [6.07, 6.45) is 1.24. The first-order valence-electron chi connectivity index (χ1n) is 8.03. The Morgan fingerprint density at radius 3 is 2.70 bits per heavy atom. The van der Waals surface area contributed by atoms with Crippen LogP contribution in [0.5, 0.6) is 0 Å². The van der Waals surface area contributed by atoms with Crippen molar-refractivity contribution in [1.82, 2.24) is 15.1 Å². The van der Waals surface area contributed by atoms with Gasteiger partial charge in [0.2, 0.25) is 0 Å². The van der Waals surface area contributed by atoms with Gasteiger partial charge in [0.05, 0.1) is 5.56 Å². The second-order valence-corrected chi connectivity index (χ2v) is 7.03. The first kappa shape index (κ1) is 16.7. The number of hydrogen-bond acceptors (Lipinski definition) is 4. The number of halogens is 1. The van der Waals surface area contributed by atoms with E-state index >= 15 is 0 Å². The highest BCUT2D eigenvalue weighted by molar-refractivity contribution is 7.17. The van der Waals surface area contributed by atoms with Gasteiger partial charge in [-0.15, -0.1) is 23.7 Å². The average Bonchev–Trinajstić information content (AvgIpc) is 3.24. The van der Waals surface area contributed by atoms with Crippen LogP contribution in [0.4, 0.5) is 0 Å². The van der Waals surface area contributed by atoms with E-state index in [0.29, 0.717) is 6.04 Å². The Hall–Kier alpha value is -1.14. The molecule has 4 rings (SSSR count). The van der Waals surface area contributed by atoms with E-state index < -0.39 is 0 Å². The quantitative estimate of drug-likeness (QED) is 0.902. The highest BCUT2D eigenvalue weighted by Crippen LogP contribution is 2.27. The van der Waals surface area contributed by atoms with Gasteiger partial charge in [-0.3, -0.25) is 9.69 Å². The van der Waals surface area contributed by atoms with Crippen LogP contribution in [0.25, 0.3) is 10.1 Å². The lowest BCUT2D eigenvalue weighted by Crippen LogP contribution is -2.52. The van der Waals surface area contributed by atoms with Gasteiger partial charge in [0.25, 0.3) is 5.91 Å². The van der Waals surface area contributed by atoms with Gasteiger partial charge in [-0.25, -0.2) is 0 Å². The SMILES string of the molecule is Cl.O=C(c1csc2ccccc12)N1CCN(C2CCNC2)CC1. The van der Waals surface area contributed by atoms with Crippen LogP contribution in [-0.4, -0.2) is 61.0 Å². The molecule has 1 aromatic heterocycles. The van der Waals surface area contributed by atoms with Crippen LogP contribution >= 0.6 is 23.7 Å². The summed E-state index contributed by atoms with van der Waals surface area (Å²) in [4.78, 5) is 17.4. The van der Waals surface area contributed by atoms with Gasteiger partial charge in [0.1, 0.15) is 0 Å². The van der Waals surface area contributed by atoms with E-state index in [0.717, 1.165) is 50.2 Å². The van der Waals surface area contributed by atoms with Crippen molar-refractivity contribution in [2.75, 3.05) is 39.3 Å². The number of benzene rings is 1. The molecule has 0 saturated carbocycles. The van der Waals surface area contributed by atoms with Gasteiger partial charge < -0.3 is 10.2 Å². The van der Waals surface area contributed by atoms with Gasteiger partial charge in [0, 0.05) is 54.2 Å². The maximum Gasteiger partial charge on any atom is 0.255 e. The van der Waals surface area contributed by atoms with Gasteiger partial charge >= 0.3 is 0 Å². The van der Waals surface area contributed by atoms with Crippen LogP contribution in [0.3, 0.4) is 0 Å². The van der Waals surface area contributed by atoms with Crippen molar-refractivity contribution >= 4 is 39.7 Å². The van der Waals surface area contributed by atoms with E-state index in [9.17, 15) is 4.79 Å². The molecule has 1 unspecified atom stereocenters. The Morgan fingerprint density at radius 1 is 1.17 bits per heavy atom. The molecule has 2 fully saturated rings. The molecule has 2 aliphatic rings. The largest absolute Gasteiger partial charge is 0.336 e. The minimum Gasteiger partial charge on any atom is -0.336 e. The zero-order chi connectivity index (χ0) is 14.9. The summed E-state index contributed by atoms with van der Waals surface area (Å²) >= 11 is 1.66. The molecule has 1 N–H and O–H groups in total. The molecule has 0 radical (unpaired) electrons. The van der Waals surface area contributed by atoms with Crippen molar-refractivity contribution in [2.24, 2.45) is 0 Å². The third kappa shape index (κ3) is 3.24. The molecule has 1 aromatic carbocycles. The molecular weight excluding hydrogens is 330 g/mol. The molecule has 6 heteroatoms. The van der Waals surface area contributed by atoms with Gasteiger partial charge in [-0.2, -0.15) is 0 Å². The number of fused-ring (bicyclic) bond motifs is 1. The molecule has 0 aliphatic carbocycles. The summed E-state index contributed by atoms with van der Waals surface area (Å²) in [5, 5.41) is 6.54. The predicted octanol–water partition coefficient (Wildman–Crippen LogP) is 2.44. The van der Waals surface area contributed by atoms with Crippen molar-refractivity contribution in [3.63, 3.8) is 0 Å². The fraction of sp³-hybridized carbons (Fsp3) is 0.471. The van der Waals surface area contributed by atoms with Crippen LogP contribution in [0.1, 0.15) is 16.8 Å². The lowest BCUT2D eigenvalue weighted by Gasteiger charge is -2.37. The first-order chi connectivity index (χ1) is 10.8. The fourth-order valence-corrected chi connectivity index (χ4v) is 4.49. The van der Waals surface area contributed by atoms with Crippen molar-refractivity contribution < 1.29 is 4.79 Å². The Morgan fingerprint density at radius 2 is 1.96 bits per heavy atom. The summed E-state index contributed by atoms with van der Waals surface area (Å²) in [6.45, 7) is 5.92. The molecule has 1 atom stereocenters. The van der Waals surface area contributed by atoms with Crippen LogP contribution in [0, 0.1) is 0 Å². The van der Waals surface area contributed by atoms with Gasteiger partial charge in [0.15, 0.2) is 0 Å². The summed E-state index contributed by atoms with van der Waals surface area (Å²) in [5.41, 5.74) is 0.872. The molecule has 0 spiro atoms. The number of nitrogens with zero attached hydrogens (tertiary/aromatic N) is 2. The number of thiophene rings is 1. The van der Waals surface area contributed by atoms with E-state index in [2.05, 4.69) is 22.3 Å². The summed E-state index contributed by atoms with van der Waals surface area (Å²) < 4.78 is 1.20. The molecule has 2 aliphatic heterocycles. The number of hydrogen-bond donors (Lipinski definition) is 1. The van der Waals surface area contributed by atoms with Crippen LogP contribution < -0.4 is 5.32 Å². The highest BCUT2D eigenvalue weighted by Gasteiger charge is 2.28. The molecule has 1 amide bonds. The number of amides is 1. The number of nitrogens with one attached hydrogen (secondary N) is 1. The Kier molecular flexibility index (Phi) is 5.21. The Bertz CT molecular complexity index is 675.